The van der Waals surface area contributed by atoms with Crippen LogP contribution >= 0.6 is 11.6 Å². The van der Waals surface area contributed by atoms with Gasteiger partial charge in [0.05, 0.1) is 10.6 Å². The zero-order valence-electron chi connectivity index (χ0n) is 15.0. The van der Waals surface area contributed by atoms with E-state index in [2.05, 4.69) is 10.6 Å². The molecule has 1 aromatic rings. The summed E-state index contributed by atoms with van der Waals surface area (Å²) in [6.45, 7) is 4.04. The van der Waals surface area contributed by atoms with Crippen LogP contribution in [-0.2, 0) is 4.79 Å². The first-order valence-corrected chi connectivity index (χ1v) is 9.41. The summed E-state index contributed by atoms with van der Waals surface area (Å²) >= 11 is 6.20. The van der Waals surface area contributed by atoms with Gasteiger partial charge in [0.25, 0.3) is 5.91 Å². The van der Waals surface area contributed by atoms with E-state index in [1.807, 2.05) is 13.8 Å². The third-order valence-corrected chi connectivity index (χ3v) is 5.12. The normalized spacial score (nSPS) is 16.5. The van der Waals surface area contributed by atoms with E-state index in [0.717, 1.165) is 12.8 Å². The van der Waals surface area contributed by atoms with Crippen LogP contribution in [0.1, 0.15) is 56.3 Å². The molecule has 138 valence electrons. The second kappa shape index (κ2) is 9.20. The molecule has 2 rings (SSSR count). The van der Waals surface area contributed by atoms with E-state index in [1.165, 1.54) is 19.3 Å². The Balaban J connectivity index is 2.10. The van der Waals surface area contributed by atoms with Crippen molar-refractivity contribution in [1.82, 2.24) is 5.32 Å². The molecule has 1 unspecified atom stereocenters. The van der Waals surface area contributed by atoms with Crippen molar-refractivity contribution in [2.75, 3.05) is 11.9 Å². The van der Waals surface area contributed by atoms with E-state index in [9.17, 15) is 9.59 Å². The van der Waals surface area contributed by atoms with Crippen molar-refractivity contribution in [1.29, 1.82) is 0 Å². The van der Waals surface area contributed by atoms with Gasteiger partial charge < -0.3 is 16.4 Å². The highest BCUT2D eigenvalue weighted by atomic mass is 35.5. The first-order valence-electron chi connectivity index (χ1n) is 9.03. The van der Waals surface area contributed by atoms with Crippen molar-refractivity contribution in [2.24, 2.45) is 17.6 Å². The predicted molar refractivity (Wildman–Crippen MR) is 102 cm³/mol. The standard InChI is InChI=1S/C19H28ClN3O2/c1-12(2)18(24)22-14-8-9-16(20)15(10-14)19(25)23-17(11-21)13-6-4-3-5-7-13/h8-10,12-13,17H,3-7,11,21H2,1-2H3,(H,22,24)(H,23,25). The molecule has 6 heteroatoms. The Morgan fingerprint density at radius 1 is 1.24 bits per heavy atom. The van der Waals surface area contributed by atoms with Gasteiger partial charge in [-0.2, -0.15) is 0 Å². The van der Waals surface area contributed by atoms with E-state index in [1.54, 1.807) is 18.2 Å². The Morgan fingerprint density at radius 2 is 1.92 bits per heavy atom. The average Bonchev–Trinajstić information content (AvgIpc) is 2.61. The summed E-state index contributed by atoms with van der Waals surface area (Å²) in [5.41, 5.74) is 6.82. The molecule has 5 nitrogen and oxygen atoms in total. The van der Waals surface area contributed by atoms with Crippen molar-refractivity contribution in [2.45, 2.75) is 52.0 Å². The highest BCUT2D eigenvalue weighted by Gasteiger charge is 2.25. The average molecular weight is 366 g/mol. The Morgan fingerprint density at radius 3 is 2.52 bits per heavy atom. The molecule has 1 atom stereocenters. The van der Waals surface area contributed by atoms with Crippen molar-refractivity contribution in [3.05, 3.63) is 28.8 Å². The van der Waals surface area contributed by atoms with Crippen LogP contribution in [0.3, 0.4) is 0 Å². The number of benzene rings is 1. The van der Waals surface area contributed by atoms with Gasteiger partial charge in [0.15, 0.2) is 0 Å². The smallest absolute Gasteiger partial charge is 0.253 e. The third kappa shape index (κ3) is 5.44. The number of hydrogen-bond acceptors (Lipinski definition) is 3. The van der Waals surface area contributed by atoms with Gasteiger partial charge >= 0.3 is 0 Å². The molecule has 0 aliphatic heterocycles. The first-order chi connectivity index (χ1) is 11.9. The fourth-order valence-corrected chi connectivity index (χ4v) is 3.42. The topological polar surface area (TPSA) is 84.2 Å². The molecule has 0 heterocycles. The minimum atomic E-state index is -0.244. The van der Waals surface area contributed by atoms with Gasteiger partial charge in [-0.15, -0.1) is 0 Å². The Bertz CT molecular complexity index is 613. The summed E-state index contributed by atoms with van der Waals surface area (Å²) in [5, 5.41) is 6.19. The number of hydrogen-bond donors (Lipinski definition) is 3. The van der Waals surface area contributed by atoms with Crippen LogP contribution < -0.4 is 16.4 Å². The molecule has 1 aliphatic rings. The number of nitrogens with one attached hydrogen (secondary N) is 2. The van der Waals surface area contributed by atoms with Gasteiger partial charge in [-0.3, -0.25) is 9.59 Å². The molecule has 2 amide bonds. The summed E-state index contributed by atoms with van der Waals surface area (Å²) in [6.07, 6.45) is 5.83. The summed E-state index contributed by atoms with van der Waals surface area (Å²) in [4.78, 5) is 24.5. The summed E-state index contributed by atoms with van der Waals surface area (Å²) in [7, 11) is 0. The zero-order chi connectivity index (χ0) is 18.4. The van der Waals surface area contributed by atoms with Crippen molar-refractivity contribution in [3.63, 3.8) is 0 Å². The van der Waals surface area contributed by atoms with Crippen LogP contribution in [0.5, 0.6) is 0 Å². The quantitative estimate of drug-likeness (QED) is 0.720. The van der Waals surface area contributed by atoms with Crippen LogP contribution in [0.2, 0.25) is 5.02 Å². The van der Waals surface area contributed by atoms with Crippen LogP contribution in [-0.4, -0.2) is 24.4 Å². The molecule has 0 bridgehead atoms. The molecule has 0 spiro atoms. The fraction of sp³-hybridized carbons (Fsp3) is 0.579. The SMILES string of the molecule is CC(C)C(=O)Nc1ccc(Cl)c(C(=O)NC(CN)C2CCCCC2)c1. The summed E-state index contributed by atoms with van der Waals surface area (Å²) in [5.74, 6) is -0.0615. The predicted octanol–water partition coefficient (Wildman–Crippen LogP) is 3.57. The van der Waals surface area contributed by atoms with Gasteiger partial charge in [0.2, 0.25) is 5.91 Å². The van der Waals surface area contributed by atoms with Crippen molar-refractivity contribution >= 4 is 29.1 Å². The minimum Gasteiger partial charge on any atom is -0.348 e. The number of carbonyl (C=O) groups excluding carboxylic acids is 2. The van der Waals surface area contributed by atoms with Gasteiger partial charge in [-0.1, -0.05) is 44.7 Å². The molecular weight excluding hydrogens is 338 g/mol. The monoisotopic (exact) mass is 365 g/mol. The number of amides is 2. The second-order valence-electron chi connectivity index (χ2n) is 7.05. The largest absolute Gasteiger partial charge is 0.348 e. The van der Waals surface area contributed by atoms with E-state index >= 15 is 0 Å². The van der Waals surface area contributed by atoms with E-state index in [-0.39, 0.29) is 23.8 Å². The van der Waals surface area contributed by atoms with E-state index in [0.29, 0.717) is 28.7 Å². The zero-order valence-corrected chi connectivity index (χ0v) is 15.7. The maximum atomic E-state index is 12.7. The highest BCUT2D eigenvalue weighted by Crippen LogP contribution is 2.27. The van der Waals surface area contributed by atoms with Gasteiger partial charge in [0.1, 0.15) is 0 Å². The molecule has 1 aromatic carbocycles. The highest BCUT2D eigenvalue weighted by molar-refractivity contribution is 6.34. The molecule has 1 fully saturated rings. The number of halogens is 1. The van der Waals surface area contributed by atoms with E-state index < -0.39 is 0 Å². The number of nitrogens with two attached hydrogens (primary N) is 1. The Labute approximate surface area is 154 Å². The van der Waals surface area contributed by atoms with Gasteiger partial charge in [-0.05, 0) is 37.0 Å². The third-order valence-electron chi connectivity index (χ3n) is 4.79. The number of rotatable bonds is 6. The molecule has 4 N–H and O–H groups in total. The van der Waals surface area contributed by atoms with Crippen molar-refractivity contribution in [3.8, 4) is 0 Å². The molecule has 1 aliphatic carbocycles. The lowest BCUT2D eigenvalue weighted by Crippen LogP contribution is -2.46. The molecule has 25 heavy (non-hydrogen) atoms. The fourth-order valence-electron chi connectivity index (χ4n) is 3.22. The maximum Gasteiger partial charge on any atom is 0.253 e. The molecule has 1 saturated carbocycles. The van der Waals surface area contributed by atoms with Gasteiger partial charge in [-0.25, -0.2) is 0 Å². The Hall–Kier alpha value is -1.59. The van der Waals surface area contributed by atoms with Crippen LogP contribution in [0.25, 0.3) is 0 Å². The van der Waals surface area contributed by atoms with Crippen LogP contribution in [0, 0.1) is 11.8 Å². The van der Waals surface area contributed by atoms with Crippen LogP contribution in [0.15, 0.2) is 18.2 Å². The second-order valence-corrected chi connectivity index (χ2v) is 7.46. The van der Waals surface area contributed by atoms with Gasteiger partial charge in [0, 0.05) is 24.2 Å². The Kier molecular flexibility index (Phi) is 7.26. The summed E-state index contributed by atoms with van der Waals surface area (Å²) < 4.78 is 0. The number of carbonyl (C=O) groups is 2. The van der Waals surface area contributed by atoms with Crippen molar-refractivity contribution < 1.29 is 9.59 Å². The molecule has 0 radical (unpaired) electrons. The lowest BCUT2D eigenvalue weighted by Gasteiger charge is -2.30. The van der Waals surface area contributed by atoms with E-state index in [4.69, 9.17) is 17.3 Å². The molecular formula is C19H28ClN3O2. The maximum absolute atomic E-state index is 12.7. The molecule has 0 saturated heterocycles. The summed E-state index contributed by atoms with van der Waals surface area (Å²) in [6, 6.07) is 4.90. The minimum absolute atomic E-state index is 0.0437. The number of anilines is 1. The molecule has 0 aromatic heterocycles. The lowest BCUT2D eigenvalue weighted by molar-refractivity contribution is -0.118. The first kappa shape index (κ1) is 19.7. The van der Waals surface area contributed by atoms with Crippen LogP contribution in [0.4, 0.5) is 5.69 Å². The lowest BCUT2D eigenvalue weighted by atomic mass is 9.84.